The topological polar surface area (TPSA) is 41.6 Å². The van der Waals surface area contributed by atoms with Crippen molar-refractivity contribution >= 4 is 17.7 Å². The Balaban J connectivity index is 2.25. The van der Waals surface area contributed by atoms with Crippen LogP contribution < -0.4 is 10.1 Å². The molecule has 2 unspecified atom stereocenters. The van der Waals surface area contributed by atoms with Gasteiger partial charge in [0.25, 0.3) is 0 Å². The third-order valence-electron chi connectivity index (χ3n) is 3.40. The van der Waals surface area contributed by atoms with Crippen LogP contribution in [0.25, 0.3) is 0 Å². The van der Waals surface area contributed by atoms with Crippen LogP contribution in [-0.2, 0) is 4.79 Å². The molecule has 110 valence electrons. The van der Waals surface area contributed by atoms with Gasteiger partial charge in [-0.1, -0.05) is 6.07 Å². The molecule has 1 aliphatic heterocycles. The van der Waals surface area contributed by atoms with Crippen LogP contribution in [0.15, 0.2) is 18.2 Å². The standard InChI is InChI=1S/C14H19FN2O2S/c1-9-14(18)17(6-7-20-3)13(16-9)10-4-5-12(19-2)11(15)8-10/h4-5,8-9,13,16H,6-7H2,1-3H3. The van der Waals surface area contributed by atoms with E-state index in [1.807, 2.05) is 13.2 Å². The van der Waals surface area contributed by atoms with Crippen molar-refractivity contribution in [3.8, 4) is 5.75 Å². The SMILES string of the molecule is COc1ccc(C2NC(C)C(=O)N2CCSC)cc1F. The fourth-order valence-corrected chi connectivity index (χ4v) is 2.71. The van der Waals surface area contributed by atoms with Crippen molar-refractivity contribution in [2.45, 2.75) is 19.1 Å². The van der Waals surface area contributed by atoms with Crippen molar-refractivity contribution in [3.05, 3.63) is 29.6 Å². The smallest absolute Gasteiger partial charge is 0.241 e. The molecule has 0 bridgehead atoms. The summed E-state index contributed by atoms with van der Waals surface area (Å²) in [5.41, 5.74) is 0.738. The molecule has 1 saturated heterocycles. The third-order valence-corrected chi connectivity index (χ3v) is 3.99. The molecule has 1 N–H and O–H groups in total. The molecule has 1 aromatic rings. The zero-order chi connectivity index (χ0) is 14.7. The fourth-order valence-electron chi connectivity index (χ4n) is 2.33. The van der Waals surface area contributed by atoms with Crippen LogP contribution in [0.5, 0.6) is 5.75 Å². The van der Waals surface area contributed by atoms with Crippen molar-refractivity contribution in [2.24, 2.45) is 0 Å². The molecular weight excluding hydrogens is 279 g/mol. The second kappa shape index (κ2) is 6.45. The van der Waals surface area contributed by atoms with Gasteiger partial charge in [-0.3, -0.25) is 10.1 Å². The summed E-state index contributed by atoms with van der Waals surface area (Å²) in [4.78, 5) is 13.9. The predicted octanol–water partition coefficient (Wildman–Crippen LogP) is 2.02. The lowest BCUT2D eigenvalue weighted by molar-refractivity contribution is -0.129. The molecule has 1 amide bonds. The maximum atomic E-state index is 13.8. The Morgan fingerprint density at radius 3 is 2.85 bits per heavy atom. The molecule has 0 aliphatic carbocycles. The lowest BCUT2D eigenvalue weighted by atomic mass is 10.1. The summed E-state index contributed by atoms with van der Waals surface area (Å²) in [7, 11) is 1.43. The zero-order valence-corrected chi connectivity index (χ0v) is 12.7. The second-order valence-corrected chi connectivity index (χ2v) is 5.69. The Morgan fingerprint density at radius 1 is 1.50 bits per heavy atom. The van der Waals surface area contributed by atoms with Crippen LogP contribution in [0.4, 0.5) is 4.39 Å². The van der Waals surface area contributed by atoms with Gasteiger partial charge in [0.2, 0.25) is 5.91 Å². The summed E-state index contributed by atoms with van der Waals surface area (Å²) in [5.74, 6) is 0.709. The number of methoxy groups -OCH3 is 1. The Morgan fingerprint density at radius 2 is 2.25 bits per heavy atom. The summed E-state index contributed by atoms with van der Waals surface area (Å²) in [6.07, 6.45) is 1.73. The monoisotopic (exact) mass is 298 g/mol. The van der Waals surface area contributed by atoms with Crippen molar-refractivity contribution in [1.82, 2.24) is 10.2 Å². The summed E-state index contributed by atoms with van der Waals surface area (Å²) in [6.45, 7) is 2.48. The Hall–Kier alpha value is -1.27. The number of benzene rings is 1. The number of ether oxygens (including phenoxy) is 1. The van der Waals surface area contributed by atoms with Gasteiger partial charge in [-0.2, -0.15) is 11.8 Å². The number of hydrogen-bond donors (Lipinski definition) is 1. The molecule has 1 aromatic carbocycles. The van der Waals surface area contributed by atoms with Crippen molar-refractivity contribution in [3.63, 3.8) is 0 Å². The summed E-state index contributed by atoms with van der Waals surface area (Å²) in [5, 5.41) is 3.20. The average Bonchev–Trinajstić information content (AvgIpc) is 2.72. The lowest BCUT2D eigenvalue weighted by Crippen LogP contribution is -2.32. The molecular formula is C14H19FN2O2S. The van der Waals surface area contributed by atoms with Crippen LogP contribution in [0.3, 0.4) is 0 Å². The maximum Gasteiger partial charge on any atom is 0.241 e. The minimum absolute atomic E-state index is 0.0558. The van der Waals surface area contributed by atoms with E-state index in [-0.39, 0.29) is 23.9 Å². The highest BCUT2D eigenvalue weighted by molar-refractivity contribution is 7.98. The number of nitrogens with zero attached hydrogens (tertiary/aromatic N) is 1. The van der Waals surface area contributed by atoms with Crippen LogP contribution in [-0.4, -0.2) is 42.5 Å². The largest absolute Gasteiger partial charge is 0.494 e. The molecule has 1 aliphatic rings. The molecule has 1 heterocycles. The molecule has 6 heteroatoms. The van der Waals surface area contributed by atoms with Crippen molar-refractivity contribution in [1.29, 1.82) is 0 Å². The number of thioether (sulfide) groups is 1. The molecule has 4 nitrogen and oxygen atoms in total. The molecule has 1 fully saturated rings. The highest BCUT2D eigenvalue weighted by atomic mass is 32.2. The summed E-state index contributed by atoms with van der Waals surface area (Å²) in [6, 6.07) is 4.56. The first-order valence-electron chi connectivity index (χ1n) is 6.47. The number of carbonyl (C=O) groups is 1. The highest BCUT2D eigenvalue weighted by Gasteiger charge is 2.36. The number of rotatable bonds is 5. The number of halogens is 1. The van der Waals surface area contributed by atoms with Gasteiger partial charge < -0.3 is 9.64 Å². The Bertz CT molecular complexity index is 498. The van der Waals surface area contributed by atoms with E-state index in [0.717, 1.165) is 11.3 Å². The summed E-state index contributed by atoms with van der Waals surface area (Å²) < 4.78 is 18.7. The molecule has 0 radical (unpaired) electrons. The van der Waals surface area contributed by atoms with Crippen LogP contribution in [0.2, 0.25) is 0 Å². The van der Waals surface area contributed by atoms with E-state index in [4.69, 9.17) is 4.74 Å². The van der Waals surface area contributed by atoms with Gasteiger partial charge in [-0.25, -0.2) is 4.39 Å². The molecule has 2 atom stereocenters. The molecule has 0 saturated carbocycles. The van der Waals surface area contributed by atoms with Crippen LogP contribution in [0, 0.1) is 5.82 Å². The normalized spacial score (nSPS) is 22.4. The van der Waals surface area contributed by atoms with Gasteiger partial charge in [0.15, 0.2) is 11.6 Å². The van der Waals surface area contributed by atoms with E-state index in [1.54, 1.807) is 28.8 Å². The van der Waals surface area contributed by atoms with Crippen LogP contribution >= 0.6 is 11.8 Å². The number of nitrogens with one attached hydrogen (secondary N) is 1. The van der Waals surface area contributed by atoms with E-state index in [9.17, 15) is 9.18 Å². The number of hydrogen-bond acceptors (Lipinski definition) is 4. The lowest BCUT2D eigenvalue weighted by Gasteiger charge is -2.24. The predicted molar refractivity (Wildman–Crippen MR) is 78.4 cm³/mol. The first kappa shape index (κ1) is 15.1. The molecule has 2 rings (SSSR count). The van der Waals surface area contributed by atoms with Gasteiger partial charge in [0.05, 0.1) is 13.2 Å². The van der Waals surface area contributed by atoms with Gasteiger partial charge >= 0.3 is 0 Å². The highest BCUT2D eigenvalue weighted by Crippen LogP contribution is 2.28. The minimum atomic E-state index is -0.413. The number of amides is 1. The van der Waals surface area contributed by atoms with Gasteiger partial charge in [0, 0.05) is 12.3 Å². The van der Waals surface area contributed by atoms with Gasteiger partial charge in [-0.15, -0.1) is 0 Å². The second-order valence-electron chi connectivity index (χ2n) is 4.71. The maximum absolute atomic E-state index is 13.8. The summed E-state index contributed by atoms with van der Waals surface area (Å²) >= 11 is 1.68. The van der Waals surface area contributed by atoms with E-state index in [2.05, 4.69) is 5.32 Å². The zero-order valence-electron chi connectivity index (χ0n) is 11.9. The van der Waals surface area contributed by atoms with E-state index in [0.29, 0.717) is 6.54 Å². The van der Waals surface area contributed by atoms with Crippen LogP contribution in [0.1, 0.15) is 18.7 Å². The van der Waals surface area contributed by atoms with Crippen molar-refractivity contribution in [2.75, 3.05) is 25.7 Å². The van der Waals surface area contributed by atoms with Gasteiger partial charge in [0.1, 0.15) is 6.17 Å². The Labute approximate surface area is 122 Å². The average molecular weight is 298 g/mol. The molecule has 20 heavy (non-hydrogen) atoms. The first-order valence-corrected chi connectivity index (χ1v) is 7.86. The van der Waals surface area contributed by atoms with E-state index in [1.165, 1.54) is 13.2 Å². The van der Waals surface area contributed by atoms with Crippen molar-refractivity contribution < 1.29 is 13.9 Å². The molecule has 0 aromatic heterocycles. The Kier molecular flexibility index (Phi) is 4.88. The quantitative estimate of drug-likeness (QED) is 0.903. The third kappa shape index (κ3) is 2.91. The van der Waals surface area contributed by atoms with Gasteiger partial charge in [-0.05, 0) is 30.9 Å². The van der Waals surface area contributed by atoms with E-state index < -0.39 is 5.82 Å². The van der Waals surface area contributed by atoms with E-state index >= 15 is 0 Å². The minimum Gasteiger partial charge on any atom is -0.494 e. The number of carbonyl (C=O) groups excluding carboxylic acids is 1. The first-order chi connectivity index (χ1) is 9.58. The molecule has 0 spiro atoms. The fraction of sp³-hybridized carbons (Fsp3) is 0.500.